The summed E-state index contributed by atoms with van der Waals surface area (Å²) in [4.78, 5) is 23.4. The van der Waals surface area contributed by atoms with E-state index in [2.05, 4.69) is 15.4 Å². The first kappa shape index (κ1) is 18.5. The van der Waals surface area contributed by atoms with Gasteiger partial charge in [0.2, 0.25) is 5.91 Å². The van der Waals surface area contributed by atoms with E-state index in [1.54, 1.807) is 30.3 Å². The lowest BCUT2D eigenvalue weighted by atomic mass is 10.2. The van der Waals surface area contributed by atoms with E-state index in [0.717, 1.165) is 0 Å². The van der Waals surface area contributed by atoms with Crippen molar-refractivity contribution in [2.45, 2.75) is 12.6 Å². The number of rotatable bonds is 7. The van der Waals surface area contributed by atoms with Crippen LogP contribution in [0.4, 0.5) is 24.5 Å². The van der Waals surface area contributed by atoms with E-state index in [0.29, 0.717) is 11.4 Å². The number of hydrogen-bond acceptors (Lipinski definition) is 4. The lowest BCUT2D eigenvalue weighted by Gasteiger charge is -2.09. The number of furan rings is 1. The van der Waals surface area contributed by atoms with Crippen molar-refractivity contribution in [2.24, 2.45) is 0 Å². The van der Waals surface area contributed by atoms with Crippen LogP contribution in [0.5, 0.6) is 0 Å². The topological polar surface area (TPSA) is 80.6 Å². The molecule has 0 fully saturated rings. The molecule has 0 atom stereocenters. The summed E-state index contributed by atoms with van der Waals surface area (Å²) in [5.74, 6) is -0.727. The molecule has 0 unspecified atom stereocenters. The van der Waals surface area contributed by atoms with Crippen LogP contribution in [0.15, 0.2) is 47.1 Å². The molecule has 1 heterocycles. The smallest absolute Gasteiger partial charge is 0.411 e. The summed E-state index contributed by atoms with van der Waals surface area (Å²) >= 11 is 0. The highest BCUT2D eigenvalue weighted by molar-refractivity contribution is 6.02. The molecule has 25 heavy (non-hydrogen) atoms. The lowest BCUT2D eigenvalue weighted by Crippen LogP contribution is -2.20. The van der Waals surface area contributed by atoms with Gasteiger partial charge in [0.1, 0.15) is 6.61 Å². The Bertz CT molecular complexity index is 697. The lowest BCUT2D eigenvalue weighted by molar-refractivity contribution is -0.174. The van der Waals surface area contributed by atoms with Crippen LogP contribution in [-0.2, 0) is 9.53 Å². The second-order valence-electron chi connectivity index (χ2n) is 4.97. The molecule has 2 amide bonds. The van der Waals surface area contributed by atoms with Crippen molar-refractivity contribution in [1.29, 1.82) is 0 Å². The molecule has 134 valence electrons. The summed E-state index contributed by atoms with van der Waals surface area (Å²) in [6.45, 7) is -1.72. The van der Waals surface area contributed by atoms with Crippen molar-refractivity contribution in [3.8, 4) is 0 Å². The summed E-state index contributed by atoms with van der Waals surface area (Å²) in [5.41, 5.74) is 0.935. The van der Waals surface area contributed by atoms with Crippen LogP contribution in [0.2, 0.25) is 0 Å². The maximum atomic E-state index is 11.9. The number of ether oxygens (including phenoxy) is 1. The monoisotopic (exact) mass is 356 g/mol. The van der Waals surface area contributed by atoms with Crippen LogP contribution in [-0.4, -0.2) is 31.2 Å². The minimum absolute atomic E-state index is 0.163. The van der Waals surface area contributed by atoms with Crippen LogP contribution in [0.1, 0.15) is 17.0 Å². The van der Waals surface area contributed by atoms with Gasteiger partial charge in [0.05, 0.1) is 19.3 Å². The van der Waals surface area contributed by atoms with Gasteiger partial charge in [-0.3, -0.25) is 9.59 Å². The maximum Gasteiger partial charge on any atom is 0.411 e. The fourth-order valence-corrected chi connectivity index (χ4v) is 1.81. The fourth-order valence-electron chi connectivity index (χ4n) is 1.81. The van der Waals surface area contributed by atoms with E-state index in [9.17, 15) is 22.8 Å². The summed E-state index contributed by atoms with van der Waals surface area (Å²) in [6.07, 6.45) is -3.23. The predicted molar refractivity (Wildman–Crippen MR) is 83.2 cm³/mol. The largest absolute Gasteiger partial charge is 0.459 e. The van der Waals surface area contributed by atoms with Crippen molar-refractivity contribution in [3.63, 3.8) is 0 Å². The van der Waals surface area contributed by atoms with E-state index < -0.39 is 24.6 Å². The van der Waals surface area contributed by atoms with E-state index in [4.69, 9.17) is 4.42 Å². The summed E-state index contributed by atoms with van der Waals surface area (Å²) in [5, 5.41) is 5.13. The Balaban J connectivity index is 1.76. The highest BCUT2D eigenvalue weighted by Crippen LogP contribution is 2.16. The van der Waals surface area contributed by atoms with Crippen molar-refractivity contribution < 1.29 is 31.9 Å². The van der Waals surface area contributed by atoms with Crippen molar-refractivity contribution >= 4 is 23.2 Å². The summed E-state index contributed by atoms with van der Waals surface area (Å²) in [6, 6.07) is 9.34. The molecule has 2 N–H and O–H groups in total. The predicted octanol–water partition coefficient (Wildman–Crippen LogP) is 3.44. The highest BCUT2D eigenvalue weighted by atomic mass is 19.4. The molecule has 1 aromatic carbocycles. The van der Waals surface area contributed by atoms with Crippen LogP contribution in [0, 0.1) is 0 Å². The third-order valence-electron chi connectivity index (χ3n) is 2.91. The molecular weight excluding hydrogens is 341 g/mol. The molecule has 0 spiro atoms. The van der Waals surface area contributed by atoms with Gasteiger partial charge in [0.25, 0.3) is 5.91 Å². The normalized spacial score (nSPS) is 11.2. The van der Waals surface area contributed by atoms with Gasteiger partial charge in [-0.15, -0.1) is 0 Å². The third-order valence-corrected chi connectivity index (χ3v) is 2.91. The highest BCUT2D eigenvalue weighted by Gasteiger charge is 2.27. The molecule has 0 radical (unpaired) electrons. The van der Waals surface area contributed by atoms with E-state index >= 15 is 0 Å². The summed E-state index contributed by atoms with van der Waals surface area (Å²) < 4.78 is 45.0. The molecule has 1 aromatic heterocycles. The third kappa shape index (κ3) is 6.68. The van der Waals surface area contributed by atoms with Crippen molar-refractivity contribution in [1.82, 2.24) is 0 Å². The van der Waals surface area contributed by atoms with Crippen molar-refractivity contribution in [3.05, 3.63) is 48.4 Å². The Labute approximate surface area is 141 Å². The van der Waals surface area contributed by atoms with Gasteiger partial charge < -0.3 is 19.8 Å². The molecular formula is C16H15F3N2O4. The van der Waals surface area contributed by atoms with Crippen molar-refractivity contribution in [2.75, 3.05) is 23.8 Å². The second-order valence-corrected chi connectivity index (χ2v) is 4.97. The number of benzene rings is 1. The van der Waals surface area contributed by atoms with Gasteiger partial charge >= 0.3 is 6.18 Å². The molecule has 2 rings (SSSR count). The second kappa shape index (κ2) is 8.34. The van der Waals surface area contributed by atoms with Crippen LogP contribution in [0.3, 0.4) is 0 Å². The fraction of sp³-hybridized carbons (Fsp3) is 0.250. The number of carbonyl (C=O) groups excluding carboxylic acids is 2. The number of nitrogens with one attached hydrogen (secondary N) is 2. The van der Waals surface area contributed by atoms with Crippen LogP contribution < -0.4 is 10.6 Å². The zero-order valence-corrected chi connectivity index (χ0v) is 12.9. The average molecular weight is 356 g/mol. The Morgan fingerprint density at radius 3 is 2.24 bits per heavy atom. The SMILES string of the molecule is O=C(CCOCC(F)(F)F)Nc1ccc(NC(=O)c2ccco2)cc1. The van der Waals surface area contributed by atoms with E-state index in [1.165, 1.54) is 12.3 Å². The zero-order chi connectivity index (χ0) is 18.3. The van der Waals surface area contributed by atoms with E-state index in [-0.39, 0.29) is 18.8 Å². The molecule has 0 saturated carbocycles. The van der Waals surface area contributed by atoms with Gasteiger partial charge in [0, 0.05) is 11.4 Å². The van der Waals surface area contributed by atoms with Gasteiger partial charge in [-0.05, 0) is 36.4 Å². The Hall–Kier alpha value is -2.81. The molecule has 0 aliphatic rings. The van der Waals surface area contributed by atoms with Gasteiger partial charge in [-0.1, -0.05) is 0 Å². The summed E-state index contributed by atoms with van der Waals surface area (Å²) in [7, 11) is 0. The minimum Gasteiger partial charge on any atom is -0.459 e. The maximum absolute atomic E-state index is 11.9. The number of alkyl halides is 3. The first-order valence-electron chi connectivity index (χ1n) is 7.23. The standard InChI is InChI=1S/C16H15F3N2O4/c17-16(18,19)10-24-9-7-14(22)20-11-3-5-12(6-4-11)21-15(23)13-2-1-8-25-13/h1-6,8H,7,9-10H2,(H,20,22)(H,21,23). The number of amides is 2. The molecule has 0 bridgehead atoms. The molecule has 2 aromatic rings. The molecule has 0 saturated heterocycles. The zero-order valence-electron chi connectivity index (χ0n) is 12.9. The molecule has 6 nitrogen and oxygen atoms in total. The quantitative estimate of drug-likeness (QED) is 0.745. The first-order chi connectivity index (χ1) is 11.8. The minimum atomic E-state index is -4.41. The van der Waals surface area contributed by atoms with Crippen LogP contribution in [0.25, 0.3) is 0 Å². The van der Waals surface area contributed by atoms with Gasteiger partial charge in [-0.25, -0.2) is 0 Å². The number of carbonyl (C=O) groups is 2. The number of anilines is 2. The van der Waals surface area contributed by atoms with Gasteiger partial charge in [0.15, 0.2) is 5.76 Å². The molecule has 0 aliphatic carbocycles. The Morgan fingerprint density at radius 2 is 1.68 bits per heavy atom. The average Bonchev–Trinajstić information content (AvgIpc) is 3.07. The number of hydrogen-bond donors (Lipinski definition) is 2. The Morgan fingerprint density at radius 1 is 1.04 bits per heavy atom. The van der Waals surface area contributed by atoms with Crippen LogP contribution >= 0.6 is 0 Å². The van der Waals surface area contributed by atoms with Gasteiger partial charge in [-0.2, -0.15) is 13.2 Å². The number of halogens is 3. The Kier molecular flexibility index (Phi) is 6.18. The molecule has 9 heteroatoms. The van der Waals surface area contributed by atoms with E-state index in [1.807, 2.05) is 0 Å². The molecule has 0 aliphatic heterocycles. The first-order valence-corrected chi connectivity index (χ1v) is 7.23.